The highest BCUT2D eigenvalue weighted by atomic mass is 79.9. The highest BCUT2D eigenvalue weighted by Gasteiger charge is 2.36. The van der Waals surface area contributed by atoms with E-state index >= 15 is 0 Å². The Bertz CT molecular complexity index is 1070. The quantitative estimate of drug-likeness (QED) is 0.487. The van der Waals surface area contributed by atoms with Gasteiger partial charge in [-0.3, -0.25) is 19.3 Å². The molecule has 0 radical (unpaired) electrons. The van der Waals surface area contributed by atoms with Crippen LogP contribution >= 0.6 is 27.7 Å². The van der Waals surface area contributed by atoms with Crippen molar-refractivity contribution >= 4 is 56.5 Å². The maximum Gasteiger partial charge on any atom is 0.294 e. The van der Waals surface area contributed by atoms with Crippen LogP contribution in [0.15, 0.2) is 45.8 Å². The number of carbonyl (C=O) groups excluding carboxylic acids is 3. The normalized spacial score (nSPS) is 14.8. The monoisotopic (exact) mass is 522 g/mol. The molecule has 2 aromatic rings. The lowest BCUT2D eigenvalue weighted by Gasteiger charge is -2.14. The second kappa shape index (κ2) is 10.6. The zero-order chi connectivity index (χ0) is 23.3. The van der Waals surface area contributed by atoms with Gasteiger partial charge in [0.15, 0.2) is 11.5 Å². The smallest absolute Gasteiger partial charge is 0.294 e. The van der Waals surface area contributed by atoms with Crippen LogP contribution in [0.5, 0.6) is 11.5 Å². The molecular formula is C22H20BrFN2O5S. The zero-order valence-electron chi connectivity index (χ0n) is 17.3. The van der Waals surface area contributed by atoms with Crippen molar-refractivity contribution in [1.29, 1.82) is 0 Å². The second-order valence-electron chi connectivity index (χ2n) is 6.52. The predicted molar refractivity (Wildman–Crippen MR) is 124 cm³/mol. The molecule has 1 aliphatic heterocycles. The van der Waals surface area contributed by atoms with Gasteiger partial charge in [-0.15, -0.1) is 0 Å². The maximum absolute atomic E-state index is 13.0. The number of benzene rings is 2. The van der Waals surface area contributed by atoms with Crippen molar-refractivity contribution in [3.05, 3.63) is 57.2 Å². The molecule has 0 spiro atoms. The molecule has 7 nitrogen and oxygen atoms in total. The van der Waals surface area contributed by atoms with Gasteiger partial charge >= 0.3 is 0 Å². The summed E-state index contributed by atoms with van der Waals surface area (Å²) in [5.41, 5.74) is 0.992. The average Bonchev–Trinajstić information content (AvgIpc) is 3.00. The van der Waals surface area contributed by atoms with Crippen LogP contribution in [0.2, 0.25) is 0 Å². The molecule has 3 rings (SSSR count). The lowest BCUT2D eigenvalue weighted by Crippen LogP contribution is -2.36. The van der Waals surface area contributed by atoms with Crippen LogP contribution in [-0.4, -0.2) is 41.7 Å². The number of thioether (sulfide) groups is 1. The third-order valence-corrected chi connectivity index (χ3v) is 5.72. The summed E-state index contributed by atoms with van der Waals surface area (Å²) in [4.78, 5) is 38.4. The van der Waals surface area contributed by atoms with Crippen LogP contribution in [-0.2, 0) is 9.59 Å². The number of amides is 3. The number of carbonyl (C=O) groups is 3. The molecule has 1 N–H and O–H groups in total. The summed E-state index contributed by atoms with van der Waals surface area (Å²) in [6, 6.07) is 8.65. The van der Waals surface area contributed by atoms with E-state index in [4.69, 9.17) is 9.47 Å². The van der Waals surface area contributed by atoms with E-state index in [0.717, 1.165) is 16.7 Å². The number of ether oxygens (including phenoxy) is 2. The zero-order valence-corrected chi connectivity index (χ0v) is 19.7. The minimum absolute atomic E-state index is 0.183. The SMILES string of the molecule is CCOc1cc(/C=C2\SC(=O)N(CC(=O)Nc3ccc(F)cc3)C2=O)cc(Br)c1OCC. The van der Waals surface area contributed by atoms with Crippen molar-refractivity contribution < 1.29 is 28.2 Å². The second-order valence-corrected chi connectivity index (χ2v) is 8.37. The largest absolute Gasteiger partial charge is 0.490 e. The molecule has 2 aromatic carbocycles. The van der Waals surface area contributed by atoms with Crippen molar-refractivity contribution in [2.45, 2.75) is 13.8 Å². The summed E-state index contributed by atoms with van der Waals surface area (Å²) in [5.74, 6) is -0.516. The van der Waals surface area contributed by atoms with Crippen molar-refractivity contribution in [2.24, 2.45) is 0 Å². The van der Waals surface area contributed by atoms with E-state index in [1.165, 1.54) is 24.3 Å². The first kappa shape index (κ1) is 23.8. The van der Waals surface area contributed by atoms with Crippen LogP contribution in [0.3, 0.4) is 0 Å². The topological polar surface area (TPSA) is 84.9 Å². The van der Waals surface area contributed by atoms with Gasteiger partial charge in [-0.2, -0.15) is 0 Å². The Morgan fingerprint density at radius 1 is 1.16 bits per heavy atom. The minimum atomic E-state index is -0.572. The Labute approximate surface area is 197 Å². The number of hydrogen-bond acceptors (Lipinski definition) is 6. The van der Waals surface area contributed by atoms with E-state index in [1.54, 1.807) is 18.2 Å². The molecule has 1 fully saturated rings. The highest BCUT2D eigenvalue weighted by molar-refractivity contribution is 9.10. The van der Waals surface area contributed by atoms with Crippen LogP contribution in [0, 0.1) is 5.82 Å². The fourth-order valence-corrected chi connectivity index (χ4v) is 4.30. The Morgan fingerprint density at radius 2 is 1.84 bits per heavy atom. The first-order valence-corrected chi connectivity index (χ1v) is 11.3. The van der Waals surface area contributed by atoms with E-state index < -0.39 is 29.4 Å². The molecule has 168 valence electrons. The summed E-state index contributed by atoms with van der Waals surface area (Å²) < 4.78 is 24.9. The van der Waals surface area contributed by atoms with Gasteiger partial charge in [0.1, 0.15) is 12.4 Å². The molecule has 1 heterocycles. The number of nitrogens with one attached hydrogen (secondary N) is 1. The molecule has 1 aliphatic rings. The summed E-state index contributed by atoms with van der Waals surface area (Å²) in [6.07, 6.45) is 1.56. The highest BCUT2D eigenvalue weighted by Crippen LogP contribution is 2.39. The van der Waals surface area contributed by atoms with Crippen LogP contribution in [0.1, 0.15) is 19.4 Å². The number of rotatable bonds is 8. The van der Waals surface area contributed by atoms with E-state index in [2.05, 4.69) is 21.2 Å². The van der Waals surface area contributed by atoms with E-state index in [1.807, 2.05) is 13.8 Å². The predicted octanol–water partition coefficient (Wildman–Crippen LogP) is 5.06. The standard InChI is InChI=1S/C22H20BrFN2O5S/c1-3-30-17-10-13(9-16(23)20(17)31-4-2)11-18-21(28)26(22(29)32-18)12-19(27)25-15-7-5-14(24)6-8-15/h5-11H,3-4,12H2,1-2H3,(H,25,27)/b18-11-. The van der Waals surface area contributed by atoms with Crippen LogP contribution < -0.4 is 14.8 Å². The lowest BCUT2D eigenvalue weighted by molar-refractivity contribution is -0.127. The molecule has 0 aliphatic carbocycles. The number of nitrogens with zero attached hydrogens (tertiary/aromatic N) is 1. The molecule has 0 saturated carbocycles. The molecule has 3 amide bonds. The number of imide groups is 1. The van der Waals surface area contributed by atoms with Crippen LogP contribution in [0.4, 0.5) is 14.9 Å². The Hall–Kier alpha value is -2.85. The summed E-state index contributed by atoms with van der Waals surface area (Å²) in [5, 5.41) is 1.98. The molecule has 10 heteroatoms. The fourth-order valence-electron chi connectivity index (χ4n) is 2.88. The first-order valence-electron chi connectivity index (χ1n) is 9.72. The molecule has 32 heavy (non-hydrogen) atoms. The maximum atomic E-state index is 13.0. The molecular weight excluding hydrogens is 503 g/mol. The Kier molecular flexibility index (Phi) is 7.92. The van der Waals surface area contributed by atoms with Gasteiger partial charge in [-0.1, -0.05) is 0 Å². The first-order chi connectivity index (χ1) is 15.3. The van der Waals surface area contributed by atoms with Gasteiger partial charge in [-0.25, -0.2) is 4.39 Å². The van der Waals surface area contributed by atoms with Crippen molar-refractivity contribution in [1.82, 2.24) is 4.90 Å². The third kappa shape index (κ3) is 5.68. The van der Waals surface area contributed by atoms with E-state index in [9.17, 15) is 18.8 Å². The summed E-state index contributed by atoms with van der Waals surface area (Å²) in [6.45, 7) is 4.14. The number of halogens is 2. The van der Waals surface area contributed by atoms with Gasteiger partial charge < -0.3 is 14.8 Å². The molecule has 0 aromatic heterocycles. The minimum Gasteiger partial charge on any atom is -0.490 e. The Morgan fingerprint density at radius 3 is 2.50 bits per heavy atom. The molecule has 0 unspecified atom stereocenters. The van der Waals surface area contributed by atoms with Crippen molar-refractivity contribution in [2.75, 3.05) is 25.1 Å². The lowest BCUT2D eigenvalue weighted by atomic mass is 10.2. The fraction of sp³-hybridized carbons (Fsp3) is 0.227. The van der Waals surface area contributed by atoms with Gasteiger partial charge in [0.2, 0.25) is 5.91 Å². The van der Waals surface area contributed by atoms with Crippen molar-refractivity contribution in [3.8, 4) is 11.5 Å². The average molecular weight is 523 g/mol. The van der Waals surface area contributed by atoms with Gasteiger partial charge in [0.05, 0.1) is 22.6 Å². The van der Waals surface area contributed by atoms with Gasteiger partial charge in [0, 0.05) is 5.69 Å². The molecule has 0 atom stereocenters. The van der Waals surface area contributed by atoms with Crippen molar-refractivity contribution in [3.63, 3.8) is 0 Å². The summed E-state index contributed by atoms with van der Waals surface area (Å²) >= 11 is 4.19. The van der Waals surface area contributed by atoms with Gasteiger partial charge in [-0.05, 0) is 89.6 Å². The molecule has 0 bridgehead atoms. The van der Waals surface area contributed by atoms with Gasteiger partial charge in [0.25, 0.3) is 11.1 Å². The summed E-state index contributed by atoms with van der Waals surface area (Å²) in [7, 11) is 0. The molecule has 1 saturated heterocycles. The number of hydrogen-bond donors (Lipinski definition) is 1. The van der Waals surface area contributed by atoms with E-state index in [-0.39, 0.29) is 4.91 Å². The van der Waals surface area contributed by atoms with E-state index in [0.29, 0.717) is 40.4 Å². The number of anilines is 1. The Balaban J connectivity index is 1.76. The van der Waals surface area contributed by atoms with Crippen LogP contribution in [0.25, 0.3) is 6.08 Å². The third-order valence-electron chi connectivity index (χ3n) is 4.22.